The maximum Gasteiger partial charge on any atom is 0.0589 e. The van der Waals surface area contributed by atoms with E-state index in [2.05, 4.69) is 4.90 Å². The van der Waals surface area contributed by atoms with Crippen LogP contribution in [0.15, 0.2) is 18.2 Å². The Hall–Kier alpha value is -0.770. The van der Waals surface area contributed by atoms with E-state index in [1.54, 1.807) is 7.11 Å². The molecule has 0 aliphatic heterocycles. The van der Waals surface area contributed by atoms with E-state index in [1.165, 1.54) is 0 Å². The molecule has 0 aliphatic carbocycles. The van der Waals surface area contributed by atoms with Crippen LogP contribution in [0.4, 0.5) is 5.69 Å². The summed E-state index contributed by atoms with van der Waals surface area (Å²) >= 11 is 6.07. The average molecular weight is 229 g/mol. The fourth-order valence-corrected chi connectivity index (χ4v) is 1.58. The summed E-state index contributed by atoms with van der Waals surface area (Å²) in [6.07, 6.45) is 0. The van der Waals surface area contributed by atoms with E-state index >= 15 is 0 Å². The largest absolute Gasteiger partial charge is 0.398 e. The van der Waals surface area contributed by atoms with Gasteiger partial charge in [-0.25, -0.2) is 0 Å². The number of nitrogen functional groups attached to an aromatic ring is 1. The highest BCUT2D eigenvalue weighted by Crippen LogP contribution is 2.22. The van der Waals surface area contributed by atoms with E-state index in [0.29, 0.717) is 6.61 Å². The van der Waals surface area contributed by atoms with Crippen LogP contribution in [-0.2, 0) is 11.3 Å². The Balaban J connectivity index is 2.63. The van der Waals surface area contributed by atoms with Crippen molar-refractivity contribution in [3.8, 4) is 0 Å². The average Bonchev–Trinajstić information content (AvgIpc) is 2.21. The van der Waals surface area contributed by atoms with E-state index in [1.807, 2.05) is 25.2 Å². The Morgan fingerprint density at radius 1 is 1.47 bits per heavy atom. The molecule has 0 saturated carbocycles. The summed E-state index contributed by atoms with van der Waals surface area (Å²) in [5.74, 6) is 0. The van der Waals surface area contributed by atoms with Gasteiger partial charge in [-0.2, -0.15) is 0 Å². The molecule has 0 spiro atoms. The third-order valence-corrected chi connectivity index (χ3v) is 2.61. The molecule has 0 atom stereocenters. The van der Waals surface area contributed by atoms with Crippen LogP contribution in [0.3, 0.4) is 0 Å². The third kappa shape index (κ3) is 3.70. The summed E-state index contributed by atoms with van der Waals surface area (Å²) in [4.78, 5) is 2.13. The van der Waals surface area contributed by atoms with E-state index in [4.69, 9.17) is 22.1 Å². The molecule has 1 aromatic rings. The van der Waals surface area contributed by atoms with Crippen molar-refractivity contribution in [1.29, 1.82) is 0 Å². The second kappa shape index (κ2) is 5.95. The van der Waals surface area contributed by atoms with Crippen LogP contribution < -0.4 is 5.73 Å². The Morgan fingerprint density at radius 2 is 2.20 bits per heavy atom. The number of likely N-dealkylation sites (N-methyl/N-ethyl adjacent to an activating group) is 1. The molecular weight excluding hydrogens is 212 g/mol. The van der Waals surface area contributed by atoms with Crippen molar-refractivity contribution < 1.29 is 4.74 Å². The van der Waals surface area contributed by atoms with Gasteiger partial charge in [0.15, 0.2) is 0 Å². The number of hydrogen-bond acceptors (Lipinski definition) is 3. The molecule has 3 nitrogen and oxygen atoms in total. The molecule has 15 heavy (non-hydrogen) atoms. The molecule has 0 heterocycles. The van der Waals surface area contributed by atoms with Crippen LogP contribution >= 0.6 is 11.6 Å². The summed E-state index contributed by atoms with van der Waals surface area (Å²) < 4.78 is 5.00. The van der Waals surface area contributed by atoms with Crippen LogP contribution in [0.2, 0.25) is 5.02 Å². The first-order chi connectivity index (χ1) is 7.15. The van der Waals surface area contributed by atoms with Crippen molar-refractivity contribution in [2.75, 3.05) is 33.0 Å². The number of methoxy groups -OCH3 is 1. The van der Waals surface area contributed by atoms with Crippen LogP contribution in [-0.4, -0.2) is 32.2 Å². The number of anilines is 1. The molecule has 0 amide bonds. The predicted octanol–water partition coefficient (Wildman–Crippen LogP) is 2.00. The van der Waals surface area contributed by atoms with Gasteiger partial charge in [-0.3, -0.25) is 4.90 Å². The van der Waals surface area contributed by atoms with E-state index in [0.717, 1.165) is 29.4 Å². The maximum atomic E-state index is 6.07. The van der Waals surface area contributed by atoms with Gasteiger partial charge in [0.25, 0.3) is 0 Å². The normalized spacial score (nSPS) is 10.9. The van der Waals surface area contributed by atoms with Crippen LogP contribution in [0.5, 0.6) is 0 Å². The summed E-state index contributed by atoms with van der Waals surface area (Å²) in [6.45, 7) is 2.32. The van der Waals surface area contributed by atoms with Gasteiger partial charge in [0.05, 0.1) is 6.61 Å². The van der Waals surface area contributed by atoms with Crippen molar-refractivity contribution in [1.82, 2.24) is 4.90 Å². The van der Waals surface area contributed by atoms with Gasteiger partial charge >= 0.3 is 0 Å². The van der Waals surface area contributed by atoms with Crippen molar-refractivity contribution >= 4 is 17.3 Å². The Kier molecular flexibility index (Phi) is 4.88. The van der Waals surface area contributed by atoms with Crippen molar-refractivity contribution in [2.24, 2.45) is 0 Å². The van der Waals surface area contributed by atoms with Gasteiger partial charge in [-0.15, -0.1) is 0 Å². The second-order valence-corrected chi connectivity index (χ2v) is 3.95. The summed E-state index contributed by atoms with van der Waals surface area (Å²) in [6, 6.07) is 5.58. The fourth-order valence-electron chi connectivity index (χ4n) is 1.34. The first-order valence-corrected chi connectivity index (χ1v) is 5.23. The van der Waals surface area contributed by atoms with Gasteiger partial charge in [0, 0.05) is 36.5 Å². The van der Waals surface area contributed by atoms with Crippen LogP contribution in [0.25, 0.3) is 0 Å². The summed E-state index contributed by atoms with van der Waals surface area (Å²) in [7, 11) is 3.71. The third-order valence-electron chi connectivity index (χ3n) is 2.26. The quantitative estimate of drug-likeness (QED) is 0.784. The second-order valence-electron chi connectivity index (χ2n) is 3.54. The Morgan fingerprint density at radius 3 is 2.80 bits per heavy atom. The number of halogens is 1. The smallest absolute Gasteiger partial charge is 0.0589 e. The monoisotopic (exact) mass is 228 g/mol. The predicted molar refractivity (Wildman–Crippen MR) is 64.1 cm³/mol. The molecule has 84 valence electrons. The molecule has 2 N–H and O–H groups in total. The molecule has 0 radical (unpaired) electrons. The SMILES string of the molecule is COCCN(C)Cc1c(N)cccc1Cl. The Labute approximate surface area is 95.8 Å². The molecule has 0 unspecified atom stereocenters. The van der Waals surface area contributed by atoms with Gasteiger partial charge in [-0.05, 0) is 19.2 Å². The minimum Gasteiger partial charge on any atom is -0.398 e. The highest BCUT2D eigenvalue weighted by atomic mass is 35.5. The minimum atomic E-state index is 0.709. The standard InChI is InChI=1S/C11H17ClN2O/c1-14(6-7-15-2)8-9-10(12)4-3-5-11(9)13/h3-5H,6-8,13H2,1-2H3. The fraction of sp³-hybridized carbons (Fsp3) is 0.455. The van der Waals surface area contributed by atoms with Crippen molar-refractivity contribution in [2.45, 2.75) is 6.54 Å². The molecule has 0 aliphatic rings. The summed E-state index contributed by atoms with van der Waals surface area (Å²) in [5, 5.41) is 0.722. The van der Waals surface area contributed by atoms with E-state index in [9.17, 15) is 0 Å². The summed E-state index contributed by atoms with van der Waals surface area (Å²) in [5.41, 5.74) is 7.58. The van der Waals surface area contributed by atoms with Crippen molar-refractivity contribution in [3.05, 3.63) is 28.8 Å². The number of ether oxygens (including phenoxy) is 1. The van der Waals surface area contributed by atoms with Crippen LogP contribution in [0, 0.1) is 0 Å². The van der Waals surface area contributed by atoms with Gasteiger partial charge in [0.2, 0.25) is 0 Å². The molecule has 1 aromatic carbocycles. The van der Waals surface area contributed by atoms with Gasteiger partial charge in [0.1, 0.15) is 0 Å². The number of benzene rings is 1. The van der Waals surface area contributed by atoms with Gasteiger partial charge < -0.3 is 10.5 Å². The lowest BCUT2D eigenvalue weighted by Gasteiger charge is -2.18. The van der Waals surface area contributed by atoms with E-state index < -0.39 is 0 Å². The van der Waals surface area contributed by atoms with Gasteiger partial charge in [-0.1, -0.05) is 17.7 Å². The highest BCUT2D eigenvalue weighted by molar-refractivity contribution is 6.31. The highest BCUT2D eigenvalue weighted by Gasteiger charge is 2.07. The molecule has 1 rings (SSSR count). The van der Waals surface area contributed by atoms with Crippen molar-refractivity contribution in [3.63, 3.8) is 0 Å². The molecule has 0 fully saturated rings. The number of rotatable bonds is 5. The van der Waals surface area contributed by atoms with Crippen LogP contribution in [0.1, 0.15) is 5.56 Å². The number of nitrogens with two attached hydrogens (primary N) is 1. The first-order valence-electron chi connectivity index (χ1n) is 4.85. The zero-order valence-corrected chi connectivity index (χ0v) is 9.92. The zero-order valence-electron chi connectivity index (χ0n) is 9.16. The number of hydrogen-bond donors (Lipinski definition) is 1. The first kappa shape index (κ1) is 12.3. The lowest BCUT2D eigenvalue weighted by atomic mass is 10.1. The molecule has 0 saturated heterocycles. The lowest BCUT2D eigenvalue weighted by molar-refractivity contribution is 0.159. The molecular formula is C11H17ClN2O. The van der Waals surface area contributed by atoms with E-state index in [-0.39, 0.29) is 0 Å². The minimum absolute atomic E-state index is 0.709. The maximum absolute atomic E-state index is 6.07. The zero-order chi connectivity index (χ0) is 11.3. The molecule has 0 bridgehead atoms. The number of nitrogens with zero attached hydrogens (tertiary/aromatic N) is 1. The topological polar surface area (TPSA) is 38.5 Å². The molecule has 4 heteroatoms. The Bertz CT molecular complexity index is 297. The molecule has 0 aromatic heterocycles. The lowest BCUT2D eigenvalue weighted by Crippen LogP contribution is -2.23.